The number of pyridine rings is 1. The Kier molecular flexibility index (Phi) is 2.97. The monoisotopic (exact) mass is 254 g/mol. The predicted molar refractivity (Wildman–Crippen MR) is 77.5 cm³/mol. The average molecular weight is 254 g/mol. The van der Waals surface area contributed by atoms with E-state index in [1.165, 1.54) is 16.3 Å². The number of anilines is 1. The van der Waals surface area contributed by atoms with E-state index in [0.29, 0.717) is 5.78 Å². The van der Waals surface area contributed by atoms with Crippen LogP contribution in [0.4, 0.5) is 5.82 Å². The second kappa shape index (κ2) is 4.65. The minimum Gasteiger partial charge on any atom is -0.356 e. The number of nitrogens with zero attached hydrogens (tertiary/aromatic N) is 2. The summed E-state index contributed by atoms with van der Waals surface area (Å²) in [5, 5.41) is 2.42. The molecule has 1 saturated heterocycles. The van der Waals surface area contributed by atoms with E-state index in [1.807, 2.05) is 6.20 Å². The van der Waals surface area contributed by atoms with Gasteiger partial charge >= 0.3 is 0 Å². The van der Waals surface area contributed by atoms with Crippen LogP contribution in [-0.2, 0) is 4.79 Å². The highest BCUT2D eigenvalue weighted by atomic mass is 16.1. The maximum absolute atomic E-state index is 11.4. The first-order valence-corrected chi connectivity index (χ1v) is 6.76. The fourth-order valence-electron chi connectivity index (χ4n) is 2.79. The van der Waals surface area contributed by atoms with Gasteiger partial charge in [-0.25, -0.2) is 4.98 Å². The summed E-state index contributed by atoms with van der Waals surface area (Å²) in [5.74, 6) is 1.45. The number of rotatable bonds is 2. The number of carbonyl (C=O) groups is 1. The first-order chi connectivity index (χ1) is 9.15. The van der Waals surface area contributed by atoms with E-state index in [2.05, 4.69) is 41.1 Å². The SMILES string of the molecule is CC(=O)C1CCN(c2cc3cccc(C)c3cn2)C1. The van der Waals surface area contributed by atoms with Crippen LogP contribution in [0.25, 0.3) is 10.8 Å². The molecule has 98 valence electrons. The van der Waals surface area contributed by atoms with Gasteiger partial charge in [0, 0.05) is 30.6 Å². The van der Waals surface area contributed by atoms with Crippen molar-refractivity contribution >= 4 is 22.4 Å². The number of hydrogen-bond donors (Lipinski definition) is 0. The van der Waals surface area contributed by atoms with Gasteiger partial charge in [-0.2, -0.15) is 0 Å². The molecule has 3 nitrogen and oxygen atoms in total. The zero-order chi connectivity index (χ0) is 13.4. The first-order valence-electron chi connectivity index (χ1n) is 6.76. The number of carbonyl (C=O) groups excluding carboxylic acids is 1. The third kappa shape index (κ3) is 2.21. The van der Waals surface area contributed by atoms with E-state index in [0.717, 1.165) is 25.3 Å². The maximum atomic E-state index is 11.4. The van der Waals surface area contributed by atoms with Crippen LogP contribution in [0.2, 0.25) is 0 Å². The second-order valence-electron chi connectivity index (χ2n) is 5.38. The molecule has 0 spiro atoms. The molecule has 2 aromatic rings. The number of aromatic nitrogens is 1. The molecule has 1 aliphatic rings. The average Bonchev–Trinajstić information content (AvgIpc) is 2.88. The van der Waals surface area contributed by atoms with Crippen molar-refractivity contribution in [3.05, 3.63) is 36.0 Å². The van der Waals surface area contributed by atoms with Gasteiger partial charge in [-0.05, 0) is 37.3 Å². The Labute approximate surface area is 113 Å². The van der Waals surface area contributed by atoms with Gasteiger partial charge in [-0.15, -0.1) is 0 Å². The molecule has 0 bridgehead atoms. The Morgan fingerprint density at radius 1 is 1.42 bits per heavy atom. The lowest BCUT2D eigenvalue weighted by Gasteiger charge is -2.17. The number of fused-ring (bicyclic) bond motifs is 1. The lowest BCUT2D eigenvalue weighted by atomic mass is 10.1. The standard InChI is InChI=1S/C16H18N2O/c1-11-4-3-5-13-8-16(17-9-15(11)13)18-7-6-14(10-18)12(2)19/h3-5,8-9,14H,6-7,10H2,1-2H3. The van der Waals surface area contributed by atoms with Crippen molar-refractivity contribution in [2.45, 2.75) is 20.3 Å². The molecule has 0 saturated carbocycles. The predicted octanol–water partition coefficient (Wildman–Crippen LogP) is 2.96. The summed E-state index contributed by atoms with van der Waals surface area (Å²) in [6.45, 7) is 5.52. The molecule has 0 aliphatic carbocycles. The summed E-state index contributed by atoms with van der Waals surface area (Å²) < 4.78 is 0. The van der Waals surface area contributed by atoms with E-state index >= 15 is 0 Å². The van der Waals surface area contributed by atoms with Crippen molar-refractivity contribution in [1.29, 1.82) is 0 Å². The summed E-state index contributed by atoms with van der Waals surface area (Å²) in [5.41, 5.74) is 1.25. The van der Waals surface area contributed by atoms with Crippen LogP contribution in [0.3, 0.4) is 0 Å². The van der Waals surface area contributed by atoms with Gasteiger partial charge in [0.25, 0.3) is 0 Å². The Morgan fingerprint density at radius 2 is 2.26 bits per heavy atom. The van der Waals surface area contributed by atoms with Crippen molar-refractivity contribution in [3.8, 4) is 0 Å². The third-order valence-electron chi connectivity index (χ3n) is 4.06. The molecule has 1 aromatic heterocycles. The number of benzene rings is 1. The van der Waals surface area contributed by atoms with Crippen LogP contribution in [0.5, 0.6) is 0 Å². The molecule has 1 unspecified atom stereocenters. The number of ketones is 1. The van der Waals surface area contributed by atoms with Crippen molar-refractivity contribution in [3.63, 3.8) is 0 Å². The van der Waals surface area contributed by atoms with Gasteiger partial charge in [0.15, 0.2) is 0 Å². The quantitative estimate of drug-likeness (QED) is 0.826. The number of hydrogen-bond acceptors (Lipinski definition) is 3. The molecule has 0 amide bonds. The summed E-state index contributed by atoms with van der Waals surface area (Å²) in [6, 6.07) is 8.42. The molecule has 3 heteroatoms. The van der Waals surface area contributed by atoms with Crippen molar-refractivity contribution in [1.82, 2.24) is 4.98 Å². The minimum atomic E-state index is 0.176. The molecule has 0 N–H and O–H groups in total. The molecule has 1 fully saturated rings. The normalized spacial score (nSPS) is 19.1. The van der Waals surface area contributed by atoms with Crippen molar-refractivity contribution in [2.24, 2.45) is 5.92 Å². The van der Waals surface area contributed by atoms with Crippen LogP contribution < -0.4 is 4.90 Å². The number of aryl methyl sites for hydroxylation is 1. The molecular weight excluding hydrogens is 236 g/mol. The largest absolute Gasteiger partial charge is 0.356 e. The van der Waals surface area contributed by atoms with Crippen LogP contribution in [0, 0.1) is 12.8 Å². The summed E-state index contributed by atoms with van der Waals surface area (Å²) in [7, 11) is 0. The Hall–Kier alpha value is -1.90. The van der Waals surface area contributed by atoms with E-state index in [4.69, 9.17) is 0 Å². The van der Waals surface area contributed by atoms with E-state index < -0.39 is 0 Å². The van der Waals surface area contributed by atoms with Gasteiger partial charge in [0.2, 0.25) is 0 Å². The molecule has 2 heterocycles. The molecular formula is C16H18N2O. The van der Waals surface area contributed by atoms with Gasteiger partial charge in [-0.1, -0.05) is 18.2 Å². The van der Waals surface area contributed by atoms with Crippen LogP contribution in [0.1, 0.15) is 18.9 Å². The Balaban J connectivity index is 1.92. The smallest absolute Gasteiger partial charge is 0.134 e. The number of Topliss-reactive ketones (excluding diaryl/α,β-unsaturated/α-hetero) is 1. The van der Waals surface area contributed by atoms with Crippen LogP contribution >= 0.6 is 0 Å². The molecule has 3 rings (SSSR count). The summed E-state index contributed by atoms with van der Waals surface area (Å²) in [6.07, 6.45) is 2.89. The molecule has 1 aromatic carbocycles. The third-order valence-corrected chi connectivity index (χ3v) is 4.06. The van der Waals surface area contributed by atoms with Crippen molar-refractivity contribution < 1.29 is 4.79 Å². The van der Waals surface area contributed by atoms with E-state index in [-0.39, 0.29) is 5.92 Å². The topological polar surface area (TPSA) is 33.2 Å². The summed E-state index contributed by atoms with van der Waals surface area (Å²) in [4.78, 5) is 18.2. The van der Waals surface area contributed by atoms with Gasteiger partial charge in [-0.3, -0.25) is 4.79 Å². The van der Waals surface area contributed by atoms with Gasteiger partial charge < -0.3 is 4.90 Å². The Morgan fingerprint density at radius 3 is 3.00 bits per heavy atom. The van der Waals surface area contributed by atoms with E-state index in [9.17, 15) is 4.79 Å². The highest BCUT2D eigenvalue weighted by molar-refractivity contribution is 5.87. The maximum Gasteiger partial charge on any atom is 0.134 e. The van der Waals surface area contributed by atoms with Crippen LogP contribution in [0.15, 0.2) is 30.5 Å². The molecule has 19 heavy (non-hydrogen) atoms. The van der Waals surface area contributed by atoms with Crippen LogP contribution in [-0.4, -0.2) is 23.9 Å². The van der Waals surface area contributed by atoms with Crippen molar-refractivity contribution in [2.75, 3.05) is 18.0 Å². The lowest BCUT2D eigenvalue weighted by Crippen LogP contribution is -2.22. The van der Waals surface area contributed by atoms with Gasteiger partial charge in [0.05, 0.1) is 0 Å². The first kappa shape index (κ1) is 12.2. The zero-order valence-corrected chi connectivity index (χ0v) is 11.4. The second-order valence-corrected chi connectivity index (χ2v) is 5.38. The Bertz CT molecular complexity index is 636. The summed E-state index contributed by atoms with van der Waals surface area (Å²) >= 11 is 0. The molecule has 0 radical (unpaired) electrons. The highest BCUT2D eigenvalue weighted by Crippen LogP contribution is 2.26. The highest BCUT2D eigenvalue weighted by Gasteiger charge is 2.26. The lowest BCUT2D eigenvalue weighted by molar-refractivity contribution is -0.120. The fourth-order valence-corrected chi connectivity index (χ4v) is 2.79. The minimum absolute atomic E-state index is 0.176. The fraction of sp³-hybridized carbons (Fsp3) is 0.375. The van der Waals surface area contributed by atoms with E-state index in [1.54, 1.807) is 6.92 Å². The van der Waals surface area contributed by atoms with Gasteiger partial charge in [0.1, 0.15) is 11.6 Å². The molecule has 1 aliphatic heterocycles. The zero-order valence-electron chi connectivity index (χ0n) is 11.4. The molecule has 1 atom stereocenters.